The monoisotopic (exact) mass is 346 g/mol. The predicted molar refractivity (Wildman–Crippen MR) is 90.5 cm³/mol. The van der Waals surface area contributed by atoms with Crippen LogP contribution in [0, 0.1) is 0 Å². The highest BCUT2D eigenvalue weighted by Gasteiger charge is 2.30. The Bertz CT molecular complexity index is 667. The van der Waals surface area contributed by atoms with Crippen LogP contribution in [0.15, 0.2) is 40.9 Å². The number of amides is 1. The van der Waals surface area contributed by atoms with E-state index in [0.29, 0.717) is 12.6 Å². The third kappa shape index (κ3) is 3.38. The number of benzene rings is 2. The molecule has 1 N–H and O–H groups in total. The number of anilines is 1. The molecule has 0 atom stereocenters. The quantitative estimate of drug-likeness (QED) is 0.886. The summed E-state index contributed by atoms with van der Waals surface area (Å²) in [5.41, 5.74) is 0.991. The lowest BCUT2D eigenvalue weighted by atomic mass is 10.1. The molecule has 110 valence electrons. The van der Waals surface area contributed by atoms with Gasteiger partial charge in [-0.2, -0.15) is 0 Å². The second-order valence-electron chi connectivity index (χ2n) is 5.47. The number of rotatable bonds is 5. The Balaban J connectivity index is 1.67. The van der Waals surface area contributed by atoms with Crippen molar-refractivity contribution in [3.05, 3.63) is 40.9 Å². The summed E-state index contributed by atoms with van der Waals surface area (Å²) in [4.78, 5) is 14.2. The number of fused-ring (bicyclic) bond motifs is 1. The zero-order valence-corrected chi connectivity index (χ0v) is 13.7. The van der Waals surface area contributed by atoms with Crippen LogP contribution in [0.4, 0.5) is 5.69 Å². The summed E-state index contributed by atoms with van der Waals surface area (Å²) in [5, 5.41) is 5.61. The van der Waals surface area contributed by atoms with Crippen LogP contribution in [0.25, 0.3) is 10.8 Å². The molecule has 0 spiro atoms. The number of hydrogen-bond acceptors (Lipinski definition) is 2. The first-order chi connectivity index (χ1) is 10.2. The van der Waals surface area contributed by atoms with E-state index in [2.05, 4.69) is 45.5 Å². The predicted octanol–water partition coefficient (Wildman–Crippen LogP) is 4.03. The number of hydrogen-bond donors (Lipinski definition) is 1. The molecule has 4 heteroatoms. The van der Waals surface area contributed by atoms with Crippen molar-refractivity contribution in [3.63, 3.8) is 0 Å². The highest BCUT2D eigenvalue weighted by atomic mass is 79.9. The Morgan fingerprint density at radius 3 is 2.67 bits per heavy atom. The maximum Gasteiger partial charge on any atom is 0.242 e. The second-order valence-corrected chi connectivity index (χ2v) is 6.39. The van der Waals surface area contributed by atoms with Gasteiger partial charge in [0, 0.05) is 22.7 Å². The minimum absolute atomic E-state index is 0.191. The standard InChI is InChI=1S/C17H19BrN2O/c1-2-20(16-7-8-16)17(21)11-19-15-6-4-12-9-14(18)5-3-13(12)10-15/h3-6,9-10,16,19H,2,7-8,11H2,1H3. The first-order valence-corrected chi connectivity index (χ1v) is 8.19. The first kappa shape index (κ1) is 14.4. The van der Waals surface area contributed by atoms with Crippen molar-refractivity contribution in [2.75, 3.05) is 18.4 Å². The van der Waals surface area contributed by atoms with Crippen molar-refractivity contribution < 1.29 is 4.79 Å². The summed E-state index contributed by atoms with van der Waals surface area (Å²) in [5.74, 6) is 0.191. The number of carbonyl (C=O) groups excluding carboxylic acids is 1. The zero-order chi connectivity index (χ0) is 14.8. The van der Waals surface area contributed by atoms with Crippen LogP contribution in [0.1, 0.15) is 19.8 Å². The molecule has 3 rings (SSSR count). The van der Waals surface area contributed by atoms with Crippen LogP contribution in [-0.2, 0) is 4.79 Å². The number of likely N-dealkylation sites (N-methyl/N-ethyl adjacent to an activating group) is 1. The highest BCUT2D eigenvalue weighted by Crippen LogP contribution is 2.27. The fourth-order valence-electron chi connectivity index (χ4n) is 2.63. The average molecular weight is 347 g/mol. The third-order valence-electron chi connectivity index (χ3n) is 3.89. The Kier molecular flexibility index (Phi) is 4.15. The fraction of sp³-hybridized carbons (Fsp3) is 0.353. The van der Waals surface area contributed by atoms with Crippen LogP contribution in [0.5, 0.6) is 0 Å². The second kappa shape index (κ2) is 6.06. The van der Waals surface area contributed by atoms with Gasteiger partial charge in [-0.1, -0.05) is 28.1 Å². The van der Waals surface area contributed by atoms with E-state index in [4.69, 9.17) is 0 Å². The minimum atomic E-state index is 0.191. The van der Waals surface area contributed by atoms with Gasteiger partial charge in [0.15, 0.2) is 0 Å². The lowest BCUT2D eigenvalue weighted by Crippen LogP contribution is -2.37. The van der Waals surface area contributed by atoms with Gasteiger partial charge in [0.05, 0.1) is 6.54 Å². The lowest BCUT2D eigenvalue weighted by molar-refractivity contribution is -0.129. The highest BCUT2D eigenvalue weighted by molar-refractivity contribution is 9.10. The van der Waals surface area contributed by atoms with Gasteiger partial charge in [-0.15, -0.1) is 0 Å². The molecule has 1 aliphatic rings. The molecule has 2 aromatic rings. The normalized spacial score (nSPS) is 14.2. The molecule has 0 saturated heterocycles. The SMILES string of the molecule is CCN(C(=O)CNc1ccc2cc(Br)ccc2c1)C1CC1. The molecule has 0 unspecified atom stereocenters. The van der Waals surface area contributed by atoms with Gasteiger partial charge in [-0.3, -0.25) is 4.79 Å². The lowest BCUT2D eigenvalue weighted by Gasteiger charge is -2.20. The van der Waals surface area contributed by atoms with Crippen molar-refractivity contribution in [1.82, 2.24) is 4.90 Å². The molecule has 1 saturated carbocycles. The van der Waals surface area contributed by atoms with E-state index in [1.165, 1.54) is 10.8 Å². The van der Waals surface area contributed by atoms with Crippen LogP contribution in [-0.4, -0.2) is 29.9 Å². The Hall–Kier alpha value is -1.55. The molecule has 1 amide bonds. The third-order valence-corrected chi connectivity index (χ3v) is 4.39. The van der Waals surface area contributed by atoms with Gasteiger partial charge in [-0.25, -0.2) is 0 Å². The Morgan fingerprint density at radius 1 is 1.24 bits per heavy atom. The first-order valence-electron chi connectivity index (χ1n) is 7.40. The van der Waals surface area contributed by atoms with Crippen LogP contribution >= 0.6 is 15.9 Å². The molecule has 0 aromatic heterocycles. The molecule has 0 radical (unpaired) electrons. The maximum absolute atomic E-state index is 12.2. The molecule has 2 aromatic carbocycles. The fourth-order valence-corrected chi connectivity index (χ4v) is 3.01. The van der Waals surface area contributed by atoms with Crippen molar-refractivity contribution in [2.45, 2.75) is 25.8 Å². The average Bonchev–Trinajstić information content (AvgIpc) is 3.30. The van der Waals surface area contributed by atoms with E-state index in [1.807, 2.05) is 24.0 Å². The molecule has 0 heterocycles. The molecular weight excluding hydrogens is 328 g/mol. The van der Waals surface area contributed by atoms with Gasteiger partial charge < -0.3 is 10.2 Å². The molecule has 21 heavy (non-hydrogen) atoms. The molecular formula is C17H19BrN2O. The van der Waals surface area contributed by atoms with Gasteiger partial charge in [0.1, 0.15) is 0 Å². The Labute approximate surface area is 133 Å². The van der Waals surface area contributed by atoms with E-state index < -0.39 is 0 Å². The summed E-state index contributed by atoms with van der Waals surface area (Å²) in [6.07, 6.45) is 2.31. The van der Waals surface area contributed by atoms with Crippen molar-refractivity contribution >= 4 is 38.3 Å². The van der Waals surface area contributed by atoms with E-state index in [0.717, 1.165) is 29.5 Å². The molecule has 1 aliphatic carbocycles. The maximum atomic E-state index is 12.2. The van der Waals surface area contributed by atoms with E-state index >= 15 is 0 Å². The number of nitrogens with one attached hydrogen (secondary N) is 1. The summed E-state index contributed by atoms with van der Waals surface area (Å²) in [7, 11) is 0. The molecule has 3 nitrogen and oxygen atoms in total. The number of nitrogens with zero attached hydrogens (tertiary/aromatic N) is 1. The van der Waals surface area contributed by atoms with E-state index in [-0.39, 0.29) is 5.91 Å². The van der Waals surface area contributed by atoms with Crippen molar-refractivity contribution in [3.8, 4) is 0 Å². The van der Waals surface area contributed by atoms with E-state index in [1.54, 1.807) is 0 Å². The summed E-state index contributed by atoms with van der Waals surface area (Å²) in [6, 6.07) is 12.9. The zero-order valence-electron chi connectivity index (χ0n) is 12.1. The molecule has 0 bridgehead atoms. The summed E-state index contributed by atoms with van der Waals surface area (Å²) < 4.78 is 1.08. The van der Waals surface area contributed by atoms with Gasteiger partial charge >= 0.3 is 0 Å². The Morgan fingerprint density at radius 2 is 1.95 bits per heavy atom. The topological polar surface area (TPSA) is 32.3 Å². The van der Waals surface area contributed by atoms with Crippen LogP contribution < -0.4 is 5.32 Å². The minimum Gasteiger partial charge on any atom is -0.376 e. The number of halogens is 1. The van der Waals surface area contributed by atoms with Gasteiger partial charge in [0.2, 0.25) is 5.91 Å². The smallest absolute Gasteiger partial charge is 0.242 e. The molecule has 0 aliphatic heterocycles. The van der Waals surface area contributed by atoms with Gasteiger partial charge in [0.25, 0.3) is 0 Å². The largest absolute Gasteiger partial charge is 0.376 e. The van der Waals surface area contributed by atoms with Gasteiger partial charge in [-0.05, 0) is 54.8 Å². The van der Waals surface area contributed by atoms with Crippen molar-refractivity contribution in [2.24, 2.45) is 0 Å². The van der Waals surface area contributed by atoms with E-state index in [9.17, 15) is 4.79 Å². The van der Waals surface area contributed by atoms with Crippen LogP contribution in [0.3, 0.4) is 0 Å². The molecule has 1 fully saturated rings. The van der Waals surface area contributed by atoms with Crippen molar-refractivity contribution in [1.29, 1.82) is 0 Å². The number of carbonyl (C=O) groups is 1. The summed E-state index contributed by atoms with van der Waals surface area (Å²) >= 11 is 3.48. The van der Waals surface area contributed by atoms with Crippen LogP contribution in [0.2, 0.25) is 0 Å². The summed E-state index contributed by atoms with van der Waals surface area (Å²) in [6.45, 7) is 3.22.